The zero-order valence-electron chi connectivity index (χ0n) is 19.6. The maximum atomic E-state index is 13.4. The topological polar surface area (TPSA) is 66.8 Å². The number of carbonyl (C=O) groups is 2. The number of benzene rings is 2. The molecule has 0 radical (unpaired) electrons. The number of aryl methyl sites for hydroxylation is 5. The number of ether oxygens (including phenoxy) is 1. The molecule has 4 rings (SSSR count). The van der Waals surface area contributed by atoms with Crippen LogP contribution in [0.4, 0.5) is 5.69 Å². The van der Waals surface area contributed by atoms with Crippen LogP contribution in [0.2, 0.25) is 0 Å². The number of aliphatic hydroxyl groups is 1. The van der Waals surface area contributed by atoms with E-state index in [1.54, 1.807) is 13.2 Å². The number of hydrogen-bond donors (Lipinski definition) is 1. The van der Waals surface area contributed by atoms with Gasteiger partial charge in [-0.1, -0.05) is 6.07 Å². The summed E-state index contributed by atoms with van der Waals surface area (Å²) in [6.07, 6.45) is 0. The van der Waals surface area contributed by atoms with E-state index >= 15 is 0 Å². The van der Waals surface area contributed by atoms with Gasteiger partial charge in [-0.2, -0.15) is 0 Å². The number of rotatable bonds is 4. The van der Waals surface area contributed by atoms with Crippen molar-refractivity contribution in [3.63, 3.8) is 0 Å². The van der Waals surface area contributed by atoms with Crippen LogP contribution in [0.5, 0.6) is 5.75 Å². The third-order valence-electron chi connectivity index (χ3n) is 6.36. The number of carbonyl (C=O) groups excluding carboxylic acids is 2. The molecular weight excluding hydrogens is 434 g/mol. The van der Waals surface area contributed by atoms with Crippen molar-refractivity contribution >= 4 is 34.5 Å². The lowest BCUT2D eigenvalue weighted by Gasteiger charge is -2.25. The zero-order chi connectivity index (χ0) is 24.0. The minimum Gasteiger partial charge on any atom is -0.507 e. The lowest BCUT2D eigenvalue weighted by atomic mass is 9.95. The summed E-state index contributed by atoms with van der Waals surface area (Å²) in [5.41, 5.74) is 5.95. The molecule has 1 unspecified atom stereocenters. The zero-order valence-corrected chi connectivity index (χ0v) is 20.5. The molecule has 1 atom stereocenters. The van der Waals surface area contributed by atoms with E-state index in [2.05, 4.69) is 0 Å². The number of hydrogen-bond acceptors (Lipinski definition) is 5. The van der Waals surface area contributed by atoms with Crippen LogP contribution < -0.4 is 9.64 Å². The predicted molar refractivity (Wildman–Crippen MR) is 132 cm³/mol. The van der Waals surface area contributed by atoms with Crippen LogP contribution in [0.3, 0.4) is 0 Å². The van der Waals surface area contributed by atoms with Gasteiger partial charge in [-0.3, -0.25) is 14.5 Å². The fraction of sp³-hybridized carbons (Fsp3) is 0.259. The Morgan fingerprint density at radius 3 is 2.24 bits per heavy atom. The van der Waals surface area contributed by atoms with Crippen LogP contribution in [0, 0.1) is 34.6 Å². The summed E-state index contributed by atoms with van der Waals surface area (Å²) < 4.78 is 5.39. The van der Waals surface area contributed by atoms with Gasteiger partial charge in [0.25, 0.3) is 11.7 Å². The number of amides is 1. The molecule has 1 fully saturated rings. The van der Waals surface area contributed by atoms with Gasteiger partial charge in [-0.05, 0) is 98.1 Å². The predicted octanol–water partition coefficient (Wildman–Crippen LogP) is 5.93. The molecule has 1 N–H and O–H groups in total. The molecule has 0 bridgehead atoms. The van der Waals surface area contributed by atoms with Gasteiger partial charge in [0, 0.05) is 16.1 Å². The summed E-state index contributed by atoms with van der Waals surface area (Å²) in [5.74, 6) is -0.789. The Bertz CT molecular complexity index is 1320. The van der Waals surface area contributed by atoms with E-state index in [4.69, 9.17) is 4.74 Å². The molecule has 5 nitrogen and oxygen atoms in total. The second-order valence-corrected chi connectivity index (χ2v) is 9.49. The maximum Gasteiger partial charge on any atom is 0.300 e. The molecule has 0 aliphatic carbocycles. The van der Waals surface area contributed by atoms with Crippen molar-refractivity contribution in [2.24, 2.45) is 0 Å². The average molecular weight is 462 g/mol. The summed E-state index contributed by atoms with van der Waals surface area (Å²) in [6, 6.07) is 10.6. The molecule has 2 heterocycles. The van der Waals surface area contributed by atoms with Crippen LogP contribution in [-0.4, -0.2) is 23.9 Å². The number of methoxy groups -OCH3 is 1. The molecular formula is C27H27NO4S. The van der Waals surface area contributed by atoms with Gasteiger partial charge in [0.05, 0.1) is 12.7 Å². The van der Waals surface area contributed by atoms with Gasteiger partial charge in [0.2, 0.25) is 0 Å². The lowest BCUT2D eigenvalue weighted by Crippen LogP contribution is -2.29. The summed E-state index contributed by atoms with van der Waals surface area (Å²) in [4.78, 5) is 29.1. The van der Waals surface area contributed by atoms with Crippen molar-refractivity contribution in [1.29, 1.82) is 0 Å². The lowest BCUT2D eigenvalue weighted by molar-refractivity contribution is -0.132. The minimum absolute atomic E-state index is 0.108. The Labute approximate surface area is 197 Å². The van der Waals surface area contributed by atoms with E-state index in [-0.39, 0.29) is 11.3 Å². The molecule has 2 aromatic carbocycles. The van der Waals surface area contributed by atoms with Crippen molar-refractivity contribution in [1.82, 2.24) is 0 Å². The van der Waals surface area contributed by atoms with E-state index in [9.17, 15) is 14.7 Å². The van der Waals surface area contributed by atoms with Crippen LogP contribution >= 0.6 is 11.3 Å². The van der Waals surface area contributed by atoms with Gasteiger partial charge in [-0.15, -0.1) is 11.3 Å². The van der Waals surface area contributed by atoms with E-state index in [0.29, 0.717) is 17.0 Å². The fourth-order valence-corrected chi connectivity index (χ4v) is 5.32. The molecule has 1 aromatic heterocycles. The minimum atomic E-state index is -0.700. The van der Waals surface area contributed by atoms with E-state index < -0.39 is 17.7 Å². The molecule has 3 aromatic rings. The monoisotopic (exact) mass is 461 g/mol. The SMILES string of the molecule is COc1cc(C)c(/C(O)=C2\C(=O)C(=O)N(c3ccc(C)c(C)c3)C2c2sccc2C)cc1C. The van der Waals surface area contributed by atoms with Crippen LogP contribution in [-0.2, 0) is 9.59 Å². The Morgan fingerprint density at radius 2 is 1.64 bits per heavy atom. The third kappa shape index (κ3) is 3.74. The third-order valence-corrected chi connectivity index (χ3v) is 7.43. The highest BCUT2D eigenvalue weighted by Gasteiger charge is 2.48. The molecule has 6 heteroatoms. The van der Waals surface area contributed by atoms with Gasteiger partial charge in [0.1, 0.15) is 17.6 Å². The first-order chi connectivity index (χ1) is 15.6. The molecule has 1 aliphatic rings. The summed E-state index contributed by atoms with van der Waals surface area (Å²) in [7, 11) is 1.59. The quantitative estimate of drug-likeness (QED) is 0.297. The van der Waals surface area contributed by atoms with Crippen LogP contribution in [0.15, 0.2) is 47.4 Å². The van der Waals surface area contributed by atoms with Gasteiger partial charge >= 0.3 is 0 Å². The van der Waals surface area contributed by atoms with E-state index in [1.165, 1.54) is 16.2 Å². The Hall–Kier alpha value is -3.38. The molecule has 1 aliphatic heterocycles. The Morgan fingerprint density at radius 1 is 0.909 bits per heavy atom. The van der Waals surface area contributed by atoms with Gasteiger partial charge in [0.15, 0.2) is 0 Å². The Kier molecular flexibility index (Phi) is 5.89. The van der Waals surface area contributed by atoms with Crippen molar-refractivity contribution in [3.8, 4) is 5.75 Å². The smallest absolute Gasteiger partial charge is 0.300 e. The highest BCUT2D eigenvalue weighted by atomic mass is 32.1. The van der Waals surface area contributed by atoms with Crippen LogP contribution in [0.1, 0.15) is 44.3 Å². The average Bonchev–Trinajstić information content (AvgIpc) is 3.31. The van der Waals surface area contributed by atoms with E-state index in [1.807, 2.05) is 70.3 Å². The highest BCUT2D eigenvalue weighted by molar-refractivity contribution is 7.10. The van der Waals surface area contributed by atoms with Crippen molar-refractivity contribution < 1.29 is 19.4 Å². The first-order valence-electron chi connectivity index (χ1n) is 10.7. The summed E-state index contributed by atoms with van der Waals surface area (Å²) in [6.45, 7) is 9.66. The van der Waals surface area contributed by atoms with Crippen molar-refractivity contribution in [2.45, 2.75) is 40.7 Å². The maximum absolute atomic E-state index is 13.4. The first-order valence-corrected chi connectivity index (χ1v) is 11.6. The van der Waals surface area contributed by atoms with Gasteiger partial charge < -0.3 is 9.84 Å². The number of anilines is 1. The van der Waals surface area contributed by atoms with Crippen LogP contribution in [0.25, 0.3) is 5.76 Å². The number of aliphatic hydroxyl groups excluding tert-OH is 1. The second-order valence-electron chi connectivity index (χ2n) is 8.54. The standard InChI is InChI=1S/C27H27NO4S/c1-14-7-8-19(11-16(14)3)28-23(26-15(2)9-10-33-26)22(25(30)27(28)31)24(29)20-12-18(5)21(32-6)13-17(20)4/h7-13,23,29H,1-6H3/b24-22+. The summed E-state index contributed by atoms with van der Waals surface area (Å²) >= 11 is 1.48. The molecule has 1 amide bonds. The highest BCUT2D eigenvalue weighted by Crippen LogP contribution is 2.45. The number of nitrogens with zero attached hydrogens (tertiary/aromatic N) is 1. The summed E-state index contributed by atoms with van der Waals surface area (Å²) in [5, 5.41) is 13.4. The number of Topliss-reactive ketones (excluding diaryl/α,β-unsaturated/α-hetero) is 1. The van der Waals surface area contributed by atoms with Crippen molar-refractivity contribution in [3.05, 3.63) is 85.6 Å². The number of ketones is 1. The molecule has 33 heavy (non-hydrogen) atoms. The molecule has 0 saturated carbocycles. The van der Waals surface area contributed by atoms with E-state index in [0.717, 1.165) is 32.7 Å². The molecule has 170 valence electrons. The number of thiophene rings is 1. The largest absolute Gasteiger partial charge is 0.507 e. The fourth-order valence-electron chi connectivity index (χ4n) is 4.30. The van der Waals surface area contributed by atoms with Crippen molar-refractivity contribution in [2.75, 3.05) is 12.0 Å². The molecule has 1 saturated heterocycles. The molecule has 0 spiro atoms. The van der Waals surface area contributed by atoms with Gasteiger partial charge in [-0.25, -0.2) is 0 Å². The normalized spacial score (nSPS) is 17.6. The Balaban J connectivity index is 1.98. The first kappa shape index (κ1) is 22.8. The second kappa shape index (κ2) is 8.52.